The van der Waals surface area contributed by atoms with E-state index in [9.17, 15) is 4.79 Å². The Bertz CT molecular complexity index is 124. The second kappa shape index (κ2) is 4.20. The van der Waals surface area contributed by atoms with Gasteiger partial charge in [-0.3, -0.25) is 4.79 Å². The minimum Gasteiger partial charge on any atom is -0.410 e. The Balaban J connectivity index is 3.51. The smallest absolute Gasteiger partial charge is 0.286 e. The first-order chi connectivity index (χ1) is 4.18. The standard InChI is InChI=1S/C4H8N2O2S/c1-6(2)4(7)9-3-5-8/h3,8H,1-2H3. The Morgan fingerprint density at radius 3 is 2.67 bits per heavy atom. The fourth-order valence-electron chi connectivity index (χ4n) is 0.174. The minimum atomic E-state index is -0.159. The van der Waals surface area contributed by atoms with Crippen LogP contribution in [0.3, 0.4) is 0 Å². The van der Waals surface area contributed by atoms with E-state index in [-0.39, 0.29) is 5.24 Å². The van der Waals surface area contributed by atoms with Crippen LogP contribution < -0.4 is 0 Å². The lowest BCUT2D eigenvalue weighted by Crippen LogP contribution is -2.16. The number of rotatable bonds is 1. The van der Waals surface area contributed by atoms with Gasteiger partial charge in [-0.15, -0.1) is 0 Å². The highest BCUT2D eigenvalue weighted by molar-refractivity contribution is 8.24. The van der Waals surface area contributed by atoms with Crippen LogP contribution in [0.5, 0.6) is 0 Å². The van der Waals surface area contributed by atoms with Crippen molar-refractivity contribution in [3.8, 4) is 0 Å². The normalized spacial score (nSPS) is 10.0. The van der Waals surface area contributed by atoms with Gasteiger partial charge in [0.2, 0.25) is 0 Å². The fraction of sp³-hybridized carbons (Fsp3) is 0.500. The third kappa shape index (κ3) is 3.84. The maximum Gasteiger partial charge on any atom is 0.286 e. The average Bonchev–Trinajstić information content (AvgIpc) is 1.82. The van der Waals surface area contributed by atoms with Gasteiger partial charge in [0.15, 0.2) is 0 Å². The van der Waals surface area contributed by atoms with Crippen molar-refractivity contribution >= 4 is 22.5 Å². The van der Waals surface area contributed by atoms with E-state index in [1.165, 1.54) is 4.90 Å². The number of carbonyl (C=O) groups excluding carboxylic acids is 1. The molecule has 0 aliphatic carbocycles. The monoisotopic (exact) mass is 148 g/mol. The van der Waals surface area contributed by atoms with Crippen molar-refractivity contribution < 1.29 is 10.0 Å². The summed E-state index contributed by atoms with van der Waals surface area (Å²) in [6.45, 7) is 0. The second-order valence-corrected chi connectivity index (χ2v) is 2.29. The van der Waals surface area contributed by atoms with Crippen molar-refractivity contribution in [2.45, 2.75) is 0 Å². The van der Waals surface area contributed by atoms with E-state index >= 15 is 0 Å². The molecule has 0 aromatic heterocycles. The van der Waals surface area contributed by atoms with E-state index in [2.05, 4.69) is 5.16 Å². The van der Waals surface area contributed by atoms with Crippen molar-refractivity contribution in [1.29, 1.82) is 0 Å². The van der Waals surface area contributed by atoms with Gasteiger partial charge in [-0.2, -0.15) is 0 Å². The molecule has 5 heteroatoms. The number of hydrogen-bond donors (Lipinski definition) is 1. The Kier molecular flexibility index (Phi) is 3.87. The molecule has 1 N–H and O–H groups in total. The molecule has 0 saturated heterocycles. The van der Waals surface area contributed by atoms with Crippen LogP contribution in [-0.2, 0) is 0 Å². The van der Waals surface area contributed by atoms with Gasteiger partial charge in [0, 0.05) is 14.1 Å². The largest absolute Gasteiger partial charge is 0.410 e. The fourth-order valence-corrected chi connectivity index (χ4v) is 0.522. The van der Waals surface area contributed by atoms with E-state index in [4.69, 9.17) is 5.21 Å². The Labute approximate surface area is 57.5 Å². The van der Waals surface area contributed by atoms with Crippen molar-refractivity contribution in [2.24, 2.45) is 5.16 Å². The summed E-state index contributed by atoms with van der Waals surface area (Å²) in [6, 6.07) is 0. The Morgan fingerprint density at radius 1 is 1.78 bits per heavy atom. The number of thioether (sulfide) groups is 1. The molecule has 52 valence electrons. The summed E-state index contributed by atoms with van der Waals surface area (Å²) in [5.74, 6) is 0. The second-order valence-electron chi connectivity index (χ2n) is 1.50. The quantitative estimate of drug-likeness (QED) is 0.259. The molecule has 0 fully saturated rings. The molecule has 0 unspecified atom stereocenters. The molecular formula is C4H8N2O2S. The predicted octanol–water partition coefficient (Wildman–Crippen LogP) is 0.819. The zero-order valence-corrected chi connectivity index (χ0v) is 6.05. The van der Waals surface area contributed by atoms with Crippen LogP contribution in [0.1, 0.15) is 0 Å². The molecule has 4 nitrogen and oxygen atoms in total. The predicted molar refractivity (Wildman–Crippen MR) is 37.0 cm³/mol. The lowest BCUT2D eigenvalue weighted by molar-refractivity contribution is 0.241. The van der Waals surface area contributed by atoms with Crippen LogP contribution in [-0.4, -0.2) is 35.0 Å². The molecule has 1 amide bonds. The summed E-state index contributed by atoms with van der Waals surface area (Å²) >= 11 is 0.830. The van der Waals surface area contributed by atoms with Gasteiger partial charge in [-0.1, -0.05) is 5.16 Å². The summed E-state index contributed by atoms with van der Waals surface area (Å²) in [6.07, 6.45) is 0. The maximum atomic E-state index is 10.6. The molecule has 0 radical (unpaired) electrons. The zero-order valence-electron chi connectivity index (χ0n) is 5.24. The topological polar surface area (TPSA) is 52.9 Å². The van der Waals surface area contributed by atoms with Crippen LogP contribution in [0.15, 0.2) is 5.16 Å². The number of oxime groups is 1. The van der Waals surface area contributed by atoms with Gasteiger partial charge < -0.3 is 10.1 Å². The number of carbonyl (C=O) groups is 1. The molecule has 0 spiro atoms. The highest BCUT2D eigenvalue weighted by atomic mass is 32.2. The highest BCUT2D eigenvalue weighted by Gasteiger charge is 2.00. The first kappa shape index (κ1) is 8.29. The van der Waals surface area contributed by atoms with E-state index in [1.807, 2.05) is 0 Å². The van der Waals surface area contributed by atoms with Crippen LogP contribution in [0, 0.1) is 0 Å². The Morgan fingerprint density at radius 2 is 2.33 bits per heavy atom. The third-order valence-electron chi connectivity index (χ3n) is 0.566. The molecule has 0 heterocycles. The summed E-state index contributed by atoms with van der Waals surface area (Å²) < 4.78 is 0. The molecule has 0 bridgehead atoms. The zero-order chi connectivity index (χ0) is 7.28. The van der Waals surface area contributed by atoms with Gasteiger partial charge in [0.05, 0.1) is 0 Å². The van der Waals surface area contributed by atoms with Crippen LogP contribution in [0.2, 0.25) is 0 Å². The maximum absolute atomic E-state index is 10.6. The SMILES string of the molecule is CN(C)C(=O)SC=NO. The lowest BCUT2D eigenvalue weighted by atomic mass is 11.0. The first-order valence-corrected chi connectivity index (χ1v) is 3.10. The van der Waals surface area contributed by atoms with Crippen molar-refractivity contribution in [1.82, 2.24) is 4.90 Å². The van der Waals surface area contributed by atoms with E-state index in [0.717, 1.165) is 17.3 Å². The van der Waals surface area contributed by atoms with Crippen LogP contribution in [0.4, 0.5) is 4.79 Å². The molecule has 9 heavy (non-hydrogen) atoms. The van der Waals surface area contributed by atoms with Crippen LogP contribution in [0.25, 0.3) is 0 Å². The molecular weight excluding hydrogens is 140 g/mol. The molecule has 0 atom stereocenters. The van der Waals surface area contributed by atoms with Crippen molar-refractivity contribution in [3.63, 3.8) is 0 Å². The van der Waals surface area contributed by atoms with Gasteiger partial charge in [0.25, 0.3) is 5.24 Å². The van der Waals surface area contributed by atoms with Gasteiger partial charge in [-0.25, -0.2) is 0 Å². The molecule has 0 aliphatic heterocycles. The molecule has 0 aliphatic rings. The summed E-state index contributed by atoms with van der Waals surface area (Å²) in [4.78, 5) is 12.0. The average molecular weight is 148 g/mol. The third-order valence-corrected chi connectivity index (χ3v) is 1.33. The van der Waals surface area contributed by atoms with Crippen molar-refractivity contribution in [2.75, 3.05) is 14.1 Å². The summed E-state index contributed by atoms with van der Waals surface area (Å²) in [7, 11) is 3.25. The van der Waals surface area contributed by atoms with E-state index in [1.54, 1.807) is 14.1 Å². The van der Waals surface area contributed by atoms with E-state index in [0.29, 0.717) is 0 Å². The van der Waals surface area contributed by atoms with Crippen LogP contribution >= 0.6 is 11.8 Å². The Hall–Kier alpha value is -0.710. The number of nitrogens with zero attached hydrogens (tertiary/aromatic N) is 2. The van der Waals surface area contributed by atoms with Gasteiger partial charge >= 0.3 is 0 Å². The first-order valence-electron chi connectivity index (χ1n) is 2.22. The van der Waals surface area contributed by atoms with Gasteiger partial charge in [-0.05, 0) is 11.8 Å². The molecule has 0 aromatic rings. The molecule has 0 saturated carbocycles. The number of amides is 1. The van der Waals surface area contributed by atoms with E-state index < -0.39 is 0 Å². The summed E-state index contributed by atoms with van der Waals surface area (Å²) in [5, 5.41) is 10.4. The highest BCUT2D eigenvalue weighted by Crippen LogP contribution is 1.99. The molecule has 0 rings (SSSR count). The lowest BCUT2D eigenvalue weighted by Gasteiger charge is -2.04. The minimum absolute atomic E-state index is 0.159. The number of hydrogen-bond acceptors (Lipinski definition) is 4. The molecule has 0 aromatic carbocycles. The van der Waals surface area contributed by atoms with Crippen molar-refractivity contribution in [3.05, 3.63) is 0 Å². The van der Waals surface area contributed by atoms with Gasteiger partial charge in [0.1, 0.15) is 5.55 Å². The summed E-state index contributed by atoms with van der Waals surface area (Å²) in [5.41, 5.74) is 1.07.